The Morgan fingerprint density at radius 2 is 2.00 bits per heavy atom. The van der Waals surface area contributed by atoms with Crippen LogP contribution in [-0.4, -0.2) is 0 Å². The molecule has 0 radical (unpaired) electrons. The van der Waals surface area contributed by atoms with Crippen molar-refractivity contribution in [2.24, 2.45) is 11.1 Å². The zero-order valence-electron chi connectivity index (χ0n) is 7.20. The first-order valence-electron chi connectivity index (χ1n) is 4.06. The van der Waals surface area contributed by atoms with Crippen molar-refractivity contribution in [2.75, 3.05) is 0 Å². The van der Waals surface area contributed by atoms with Crippen molar-refractivity contribution in [1.29, 1.82) is 0 Å². The van der Waals surface area contributed by atoms with Gasteiger partial charge in [0.05, 0.1) is 0 Å². The van der Waals surface area contributed by atoms with E-state index >= 15 is 0 Å². The molecule has 0 atom stereocenters. The third kappa shape index (κ3) is 1.34. The van der Waals surface area contributed by atoms with Crippen molar-refractivity contribution in [2.45, 2.75) is 40.0 Å². The molecule has 0 saturated heterocycles. The van der Waals surface area contributed by atoms with Crippen LogP contribution in [0.25, 0.3) is 0 Å². The highest BCUT2D eigenvalue weighted by atomic mass is 14.6. The Balaban J connectivity index is 2.72. The van der Waals surface area contributed by atoms with Gasteiger partial charge >= 0.3 is 0 Å². The van der Waals surface area contributed by atoms with E-state index in [9.17, 15) is 0 Å². The molecule has 0 spiro atoms. The molecule has 1 nitrogen and oxygen atoms in total. The number of allylic oxidation sites excluding steroid dienone is 2. The first-order valence-corrected chi connectivity index (χ1v) is 4.06. The molecule has 1 heteroatoms. The molecular formula is C9H17N. The molecule has 2 N–H and O–H groups in total. The number of nitrogens with two attached hydrogens (primary N) is 1. The van der Waals surface area contributed by atoms with E-state index in [4.69, 9.17) is 5.73 Å². The van der Waals surface area contributed by atoms with E-state index in [-0.39, 0.29) is 5.41 Å². The van der Waals surface area contributed by atoms with Crippen LogP contribution in [-0.2, 0) is 0 Å². The first kappa shape index (κ1) is 7.64. The molecule has 0 aromatic heterocycles. The van der Waals surface area contributed by atoms with Crippen LogP contribution in [0, 0.1) is 5.41 Å². The molecule has 1 saturated carbocycles. The molecule has 1 aliphatic carbocycles. The predicted molar refractivity (Wildman–Crippen MR) is 44.5 cm³/mol. The minimum atomic E-state index is 0.242. The molecule has 0 aromatic carbocycles. The molecule has 0 aliphatic heterocycles. The lowest BCUT2D eigenvalue weighted by Crippen LogP contribution is -2.20. The summed E-state index contributed by atoms with van der Waals surface area (Å²) in [7, 11) is 0. The van der Waals surface area contributed by atoms with Crippen LogP contribution < -0.4 is 5.73 Å². The van der Waals surface area contributed by atoms with Crippen LogP contribution in [0.4, 0.5) is 0 Å². The summed E-state index contributed by atoms with van der Waals surface area (Å²) in [6.07, 6.45) is 3.63. The van der Waals surface area contributed by atoms with Crippen LogP contribution in [0.5, 0.6) is 0 Å². The number of hydrogen-bond acceptors (Lipinski definition) is 1. The quantitative estimate of drug-likeness (QED) is 0.624. The van der Waals surface area contributed by atoms with Gasteiger partial charge in [-0.15, -0.1) is 0 Å². The lowest BCUT2D eigenvalue weighted by Gasteiger charge is -2.23. The van der Waals surface area contributed by atoms with E-state index in [1.807, 2.05) is 0 Å². The van der Waals surface area contributed by atoms with Gasteiger partial charge in [0, 0.05) is 11.1 Å². The molecule has 10 heavy (non-hydrogen) atoms. The number of hydrogen-bond donors (Lipinski definition) is 1. The average molecular weight is 139 g/mol. The van der Waals surface area contributed by atoms with Crippen molar-refractivity contribution in [1.82, 2.24) is 0 Å². The fraction of sp³-hybridized carbons (Fsp3) is 0.778. The standard InChI is InChI=1S/C9H17N/c1-4-9(2,3)8(10)7-5-6-7/h4-6,10H2,1-3H3. The summed E-state index contributed by atoms with van der Waals surface area (Å²) in [4.78, 5) is 0. The van der Waals surface area contributed by atoms with Crippen molar-refractivity contribution in [3.8, 4) is 0 Å². The Morgan fingerprint density at radius 3 is 2.30 bits per heavy atom. The van der Waals surface area contributed by atoms with Crippen LogP contribution in [0.3, 0.4) is 0 Å². The highest BCUT2D eigenvalue weighted by Gasteiger charge is 2.26. The molecule has 0 aromatic rings. The number of rotatable bonds is 2. The highest BCUT2D eigenvalue weighted by Crippen LogP contribution is 2.38. The van der Waals surface area contributed by atoms with E-state index < -0.39 is 0 Å². The maximum absolute atomic E-state index is 5.95. The molecule has 0 bridgehead atoms. The highest BCUT2D eigenvalue weighted by molar-refractivity contribution is 5.26. The van der Waals surface area contributed by atoms with E-state index in [2.05, 4.69) is 20.8 Å². The summed E-state index contributed by atoms with van der Waals surface area (Å²) < 4.78 is 0. The summed E-state index contributed by atoms with van der Waals surface area (Å²) in [5.41, 5.74) is 8.83. The zero-order valence-corrected chi connectivity index (χ0v) is 7.20. The normalized spacial score (nSPS) is 17.3. The average Bonchev–Trinajstić information content (AvgIpc) is 2.68. The van der Waals surface area contributed by atoms with Gasteiger partial charge in [0.2, 0.25) is 0 Å². The van der Waals surface area contributed by atoms with Gasteiger partial charge in [0.15, 0.2) is 0 Å². The van der Waals surface area contributed by atoms with Crippen LogP contribution in [0.1, 0.15) is 40.0 Å². The maximum atomic E-state index is 5.95. The lowest BCUT2D eigenvalue weighted by molar-refractivity contribution is 0.422. The third-order valence-corrected chi connectivity index (χ3v) is 2.49. The summed E-state index contributed by atoms with van der Waals surface area (Å²) in [6.45, 7) is 6.62. The summed E-state index contributed by atoms with van der Waals surface area (Å²) in [5.74, 6) is 0. The topological polar surface area (TPSA) is 26.0 Å². The van der Waals surface area contributed by atoms with Gasteiger partial charge in [-0.3, -0.25) is 0 Å². The second-order valence-corrected chi connectivity index (χ2v) is 3.75. The second kappa shape index (κ2) is 2.30. The molecule has 1 aliphatic rings. The Labute approximate surface area is 63.3 Å². The van der Waals surface area contributed by atoms with Gasteiger partial charge in [-0.2, -0.15) is 0 Å². The van der Waals surface area contributed by atoms with Gasteiger partial charge < -0.3 is 5.73 Å². The van der Waals surface area contributed by atoms with Crippen LogP contribution in [0.15, 0.2) is 11.3 Å². The van der Waals surface area contributed by atoms with Gasteiger partial charge in [-0.25, -0.2) is 0 Å². The van der Waals surface area contributed by atoms with E-state index in [1.165, 1.54) is 18.4 Å². The zero-order chi connectivity index (χ0) is 7.78. The van der Waals surface area contributed by atoms with Gasteiger partial charge in [-0.05, 0) is 19.3 Å². The molecule has 58 valence electrons. The lowest BCUT2D eigenvalue weighted by atomic mass is 9.86. The molecule has 0 heterocycles. The SMILES string of the molecule is CCC(C)(C)C(N)=C1CC1. The summed E-state index contributed by atoms with van der Waals surface area (Å²) in [6, 6.07) is 0. The Hall–Kier alpha value is -0.460. The maximum Gasteiger partial charge on any atom is 0.0130 e. The predicted octanol–water partition coefficient (Wildman–Crippen LogP) is 2.43. The van der Waals surface area contributed by atoms with Crippen molar-refractivity contribution < 1.29 is 0 Å². The van der Waals surface area contributed by atoms with E-state index in [0.29, 0.717) is 0 Å². The van der Waals surface area contributed by atoms with Crippen molar-refractivity contribution in [3.05, 3.63) is 11.3 Å². The second-order valence-electron chi connectivity index (χ2n) is 3.75. The van der Waals surface area contributed by atoms with Crippen molar-refractivity contribution in [3.63, 3.8) is 0 Å². The van der Waals surface area contributed by atoms with E-state index in [0.717, 1.165) is 12.1 Å². The fourth-order valence-electron chi connectivity index (χ4n) is 1.00. The minimum absolute atomic E-state index is 0.242. The van der Waals surface area contributed by atoms with Crippen LogP contribution in [0.2, 0.25) is 0 Å². The molecule has 1 rings (SSSR count). The summed E-state index contributed by atoms with van der Waals surface area (Å²) >= 11 is 0. The molecule has 1 fully saturated rings. The molecule has 0 amide bonds. The third-order valence-electron chi connectivity index (χ3n) is 2.49. The molecular weight excluding hydrogens is 122 g/mol. The molecule has 0 unspecified atom stereocenters. The van der Waals surface area contributed by atoms with Gasteiger partial charge in [-0.1, -0.05) is 26.3 Å². The van der Waals surface area contributed by atoms with Gasteiger partial charge in [0.25, 0.3) is 0 Å². The van der Waals surface area contributed by atoms with E-state index in [1.54, 1.807) is 0 Å². The minimum Gasteiger partial charge on any atom is -0.402 e. The Morgan fingerprint density at radius 1 is 1.50 bits per heavy atom. The largest absolute Gasteiger partial charge is 0.402 e. The monoisotopic (exact) mass is 139 g/mol. The van der Waals surface area contributed by atoms with Crippen LogP contribution >= 0.6 is 0 Å². The Bertz CT molecular complexity index is 160. The van der Waals surface area contributed by atoms with Gasteiger partial charge in [0.1, 0.15) is 0 Å². The summed E-state index contributed by atoms with van der Waals surface area (Å²) in [5, 5.41) is 0. The smallest absolute Gasteiger partial charge is 0.0130 e. The Kier molecular flexibility index (Phi) is 1.76. The first-order chi connectivity index (χ1) is 4.58. The fourth-order valence-corrected chi connectivity index (χ4v) is 1.00. The van der Waals surface area contributed by atoms with Crippen molar-refractivity contribution >= 4 is 0 Å².